The van der Waals surface area contributed by atoms with Gasteiger partial charge in [0, 0.05) is 6.04 Å². The van der Waals surface area contributed by atoms with E-state index >= 15 is 0 Å². The highest BCUT2D eigenvalue weighted by atomic mass is 16.5. The van der Waals surface area contributed by atoms with Crippen molar-refractivity contribution in [1.29, 1.82) is 0 Å². The van der Waals surface area contributed by atoms with E-state index in [1.54, 1.807) is 19.1 Å². The lowest BCUT2D eigenvalue weighted by atomic mass is 10.2. The number of aromatic hydroxyl groups is 1. The summed E-state index contributed by atoms with van der Waals surface area (Å²) in [6.45, 7) is 1.67. The van der Waals surface area contributed by atoms with Gasteiger partial charge in [0.25, 0.3) is 5.91 Å². The lowest BCUT2D eigenvalue weighted by Crippen LogP contribution is -2.41. The summed E-state index contributed by atoms with van der Waals surface area (Å²) >= 11 is 0. The number of nitrogen functional groups attached to an aromatic ring is 1. The molecule has 0 bridgehead atoms. The first kappa shape index (κ1) is 13.5. The molecule has 0 spiro atoms. The molecular formula is C14H20N2O3. The van der Waals surface area contributed by atoms with Crippen molar-refractivity contribution in [1.82, 2.24) is 5.32 Å². The number of nitrogens with one attached hydrogen (secondary N) is 1. The lowest BCUT2D eigenvalue weighted by molar-refractivity contribution is -0.127. The van der Waals surface area contributed by atoms with Crippen LogP contribution in [-0.2, 0) is 4.79 Å². The van der Waals surface area contributed by atoms with Gasteiger partial charge in [-0.15, -0.1) is 0 Å². The third-order valence-electron chi connectivity index (χ3n) is 3.42. The van der Waals surface area contributed by atoms with E-state index in [1.165, 1.54) is 18.9 Å². The molecule has 1 unspecified atom stereocenters. The van der Waals surface area contributed by atoms with Crippen LogP contribution >= 0.6 is 0 Å². The number of ether oxygens (including phenoxy) is 1. The maximum absolute atomic E-state index is 12.0. The Morgan fingerprint density at radius 1 is 1.47 bits per heavy atom. The van der Waals surface area contributed by atoms with Crippen LogP contribution in [0.5, 0.6) is 11.5 Å². The van der Waals surface area contributed by atoms with Gasteiger partial charge >= 0.3 is 0 Å². The van der Waals surface area contributed by atoms with Crippen LogP contribution in [0.4, 0.5) is 5.69 Å². The number of hydrogen-bond acceptors (Lipinski definition) is 4. The summed E-state index contributed by atoms with van der Waals surface area (Å²) in [5.41, 5.74) is 5.84. The fraction of sp³-hybridized carbons (Fsp3) is 0.500. The van der Waals surface area contributed by atoms with Crippen molar-refractivity contribution in [3.8, 4) is 11.5 Å². The monoisotopic (exact) mass is 264 g/mol. The summed E-state index contributed by atoms with van der Waals surface area (Å²) in [5.74, 6) is 0.143. The number of nitrogens with two attached hydrogens (primary N) is 1. The second-order valence-electron chi connectivity index (χ2n) is 4.94. The van der Waals surface area contributed by atoms with Gasteiger partial charge in [0.15, 0.2) is 6.10 Å². The lowest BCUT2D eigenvalue weighted by Gasteiger charge is -2.19. The van der Waals surface area contributed by atoms with E-state index in [0.717, 1.165) is 12.8 Å². The molecule has 4 N–H and O–H groups in total. The van der Waals surface area contributed by atoms with Crippen molar-refractivity contribution in [3.05, 3.63) is 18.2 Å². The summed E-state index contributed by atoms with van der Waals surface area (Å²) in [5, 5.41) is 12.4. The van der Waals surface area contributed by atoms with Crippen LogP contribution in [0.1, 0.15) is 32.6 Å². The van der Waals surface area contributed by atoms with Gasteiger partial charge in [-0.05, 0) is 31.9 Å². The van der Waals surface area contributed by atoms with Crippen LogP contribution in [0.3, 0.4) is 0 Å². The van der Waals surface area contributed by atoms with Crippen molar-refractivity contribution in [2.75, 3.05) is 5.73 Å². The van der Waals surface area contributed by atoms with Gasteiger partial charge in [0.1, 0.15) is 17.2 Å². The zero-order chi connectivity index (χ0) is 13.8. The quantitative estimate of drug-likeness (QED) is 0.572. The topological polar surface area (TPSA) is 84.6 Å². The van der Waals surface area contributed by atoms with Crippen LogP contribution in [0.2, 0.25) is 0 Å². The molecule has 0 saturated heterocycles. The summed E-state index contributed by atoms with van der Waals surface area (Å²) in [6.07, 6.45) is 3.77. The molecule has 5 heteroatoms. The fourth-order valence-electron chi connectivity index (χ4n) is 2.27. The molecule has 1 saturated carbocycles. The SMILES string of the molecule is CC(Oc1cccc(O)c1N)C(=O)NC1CCCC1. The van der Waals surface area contributed by atoms with Crippen molar-refractivity contribution in [3.63, 3.8) is 0 Å². The Morgan fingerprint density at radius 3 is 2.84 bits per heavy atom. The van der Waals surface area contributed by atoms with Gasteiger partial charge in [-0.1, -0.05) is 18.9 Å². The van der Waals surface area contributed by atoms with E-state index < -0.39 is 6.10 Å². The van der Waals surface area contributed by atoms with Crippen molar-refractivity contribution in [2.45, 2.75) is 44.8 Å². The maximum atomic E-state index is 12.0. The number of carbonyl (C=O) groups excluding carboxylic acids is 1. The third kappa shape index (κ3) is 3.30. The Labute approximate surface area is 112 Å². The molecule has 1 amide bonds. The molecule has 0 heterocycles. The summed E-state index contributed by atoms with van der Waals surface area (Å²) in [4.78, 5) is 12.0. The van der Waals surface area contributed by atoms with E-state index in [1.807, 2.05) is 0 Å². The Morgan fingerprint density at radius 2 is 2.16 bits per heavy atom. The van der Waals surface area contributed by atoms with Crippen molar-refractivity contribution in [2.24, 2.45) is 0 Å². The zero-order valence-corrected chi connectivity index (χ0v) is 11.1. The standard InChI is InChI=1S/C14H20N2O3/c1-9(14(18)16-10-5-2-3-6-10)19-12-8-4-7-11(17)13(12)15/h4,7-10,17H,2-3,5-6,15H2,1H3,(H,16,18). The third-order valence-corrected chi connectivity index (χ3v) is 3.42. The highest BCUT2D eigenvalue weighted by Crippen LogP contribution is 2.30. The minimum absolute atomic E-state index is 0.0408. The smallest absolute Gasteiger partial charge is 0.260 e. The highest BCUT2D eigenvalue weighted by molar-refractivity contribution is 5.81. The Bertz CT molecular complexity index is 456. The first-order valence-corrected chi connectivity index (χ1v) is 6.62. The number of amides is 1. The number of anilines is 1. The fourth-order valence-corrected chi connectivity index (χ4v) is 2.27. The molecule has 104 valence electrons. The van der Waals surface area contributed by atoms with Gasteiger partial charge in [-0.25, -0.2) is 0 Å². The van der Waals surface area contributed by atoms with E-state index in [0.29, 0.717) is 5.75 Å². The van der Waals surface area contributed by atoms with Gasteiger partial charge in [-0.3, -0.25) is 4.79 Å². The maximum Gasteiger partial charge on any atom is 0.260 e. The second-order valence-corrected chi connectivity index (χ2v) is 4.94. The van der Waals surface area contributed by atoms with Crippen molar-refractivity contribution < 1.29 is 14.6 Å². The number of para-hydroxylation sites is 1. The number of benzene rings is 1. The van der Waals surface area contributed by atoms with E-state index in [-0.39, 0.29) is 23.4 Å². The molecule has 1 aromatic rings. The van der Waals surface area contributed by atoms with Crippen LogP contribution < -0.4 is 15.8 Å². The largest absolute Gasteiger partial charge is 0.506 e. The zero-order valence-electron chi connectivity index (χ0n) is 11.1. The van der Waals surface area contributed by atoms with Gasteiger partial charge in [0.2, 0.25) is 0 Å². The molecule has 5 nitrogen and oxygen atoms in total. The molecule has 1 atom stereocenters. The molecular weight excluding hydrogens is 244 g/mol. The number of rotatable bonds is 4. The number of phenols is 1. The van der Waals surface area contributed by atoms with Gasteiger partial charge in [-0.2, -0.15) is 0 Å². The first-order chi connectivity index (χ1) is 9.08. The number of phenolic OH excluding ortho intramolecular Hbond substituents is 1. The van der Waals surface area contributed by atoms with Crippen LogP contribution in [0, 0.1) is 0 Å². The molecule has 0 radical (unpaired) electrons. The number of carbonyl (C=O) groups is 1. The van der Waals surface area contributed by atoms with Gasteiger partial charge in [0.05, 0.1) is 0 Å². The Kier molecular flexibility index (Phi) is 4.14. The molecule has 1 aromatic carbocycles. The van der Waals surface area contributed by atoms with E-state index in [4.69, 9.17) is 10.5 Å². The number of hydrogen-bond donors (Lipinski definition) is 3. The molecule has 2 rings (SSSR count). The highest BCUT2D eigenvalue weighted by Gasteiger charge is 2.22. The molecule has 1 aliphatic carbocycles. The van der Waals surface area contributed by atoms with E-state index in [2.05, 4.69) is 5.32 Å². The molecule has 1 aliphatic rings. The van der Waals surface area contributed by atoms with Crippen LogP contribution in [-0.4, -0.2) is 23.2 Å². The summed E-state index contributed by atoms with van der Waals surface area (Å²) in [6, 6.07) is 5.00. The average molecular weight is 264 g/mol. The summed E-state index contributed by atoms with van der Waals surface area (Å²) in [7, 11) is 0. The van der Waals surface area contributed by atoms with Gasteiger partial charge < -0.3 is 20.9 Å². The molecule has 1 fully saturated rings. The summed E-state index contributed by atoms with van der Waals surface area (Å²) < 4.78 is 5.50. The van der Waals surface area contributed by atoms with Crippen LogP contribution in [0.15, 0.2) is 18.2 Å². The Balaban J connectivity index is 1.94. The Hall–Kier alpha value is -1.91. The molecule has 19 heavy (non-hydrogen) atoms. The minimum atomic E-state index is -0.635. The predicted octanol–water partition coefficient (Wildman–Crippen LogP) is 1.80. The average Bonchev–Trinajstić information content (AvgIpc) is 2.87. The second kappa shape index (κ2) is 5.82. The minimum Gasteiger partial charge on any atom is -0.506 e. The first-order valence-electron chi connectivity index (χ1n) is 6.62. The van der Waals surface area contributed by atoms with Crippen LogP contribution in [0.25, 0.3) is 0 Å². The molecule has 0 aromatic heterocycles. The van der Waals surface area contributed by atoms with Crippen molar-refractivity contribution >= 4 is 11.6 Å². The molecule has 0 aliphatic heterocycles. The normalized spacial score (nSPS) is 17.1. The predicted molar refractivity (Wildman–Crippen MR) is 73.0 cm³/mol. The van der Waals surface area contributed by atoms with E-state index in [9.17, 15) is 9.90 Å².